The fourth-order valence-electron chi connectivity index (χ4n) is 3.57. The van der Waals surface area contributed by atoms with Crippen LogP contribution in [0.1, 0.15) is 32.3 Å². The molecule has 7 heteroatoms. The number of carbonyl (C=O) groups is 3. The first kappa shape index (κ1) is 21.4. The second-order valence-corrected chi connectivity index (χ2v) is 7.54. The van der Waals surface area contributed by atoms with Gasteiger partial charge in [-0.05, 0) is 39.6 Å². The molecule has 0 aromatic heterocycles. The number of rotatable bonds is 8. The molecule has 6 nitrogen and oxygen atoms in total. The van der Waals surface area contributed by atoms with Crippen LogP contribution >= 0.6 is 11.6 Å². The number of nitrogens with zero attached hydrogens (tertiary/aromatic N) is 3. The van der Waals surface area contributed by atoms with Crippen LogP contribution in [0.5, 0.6) is 0 Å². The lowest BCUT2D eigenvalue weighted by molar-refractivity contribution is -0.142. The molecular weight excluding hydrogens is 366 g/mol. The summed E-state index contributed by atoms with van der Waals surface area (Å²) in [6.45, 7) is 5.78. The van der Waals surface area contributed by atoms with Crippen LogP contribution in [-0.2, 0) is 19.8 Å². The Balaban J connectivity index is 2.46. The summed E-state index contributed by atoms with van der Waals surface area (Å²) in [6.07, 6.45) is -0.0859. The van der Waals surface area contributed by atoms with Crippen molar-refractivity contribution in [2.45, 2.75) is 32.1 Å². The van der Waals surface area contributed by atoms with Crippen molar-refractivity contribution < 1.29 is 14.4 Å². The zero-order chi connectivity index (χ0) is 20.2. The normalized spacial score (nSPS) is 19.9. The van der Waals surface area contributed by atoms with E-state index in [-0.39, 0.29) is 30.6 Å². The number of amides is 3. The molecule has 0 bridgehead atoms. The summed E-state index contributed by atoms with van der Waals surface area (Å²) in [7, 11) is 3.77. The number of carbonyl (C=O) groups excluding carboxylic acids is 3. The average Bonchev–Trinajstić information content (AvgIpc) is 2.85. The van der Waals surface area contributed by atoms with Gasteiger partial charge in [0.2, 0.25) is 17.7 Å². The van der Waals surface area contributed by atoms with Crippen LogP contribution in [-0.4, -0.2) is 72.7 Å². The van der Waals surface area contributed by atoms with E-state index < -0.39 is 5.41 Å². The minimum absolute atomic E-state index is 0.0317. The Bertz CT molecular complexity index is 718. The number of hydrogen-bond acceptors (Lipinski definition) is 4. The summed E-state index contributed by atoms with van der Waals surface area (Å²) in [6, 6.07) is 7.00. The summed E-state index contributed by atoms with van der Waals surface area (Å²) < 4.78 is 0. The molecule has 148 valence electrons. The molecule has 0 aliphatic carbocycles. The van der Waals surface area contributed by atoms with Gasteiger partial charge in [0, 0.05) is 44.0 Å². The van der Waals surface area contributed by atoms with E-state index in [0.29, 0.717) is 36.8 Å². The molecule has 0 spiro atoms. The summed E-state index contributed by atoms with van der Waals surface area (Å²) >= 11 is 6.40. The van der Waals surface area contributed by atoms with Crippen LogP contribution in [0.3, 0.4) is 0 Å². The molecule has 0 saturated carbocycles. The van der Waals surface area contributed by atoms with E-state index in [0.717, 1.165) is 0 Å². The van der Waals surface area contributed by atoms with E-state index in [2.05, 4.69) is 0 Å². The molecular formula is C20H28ClN3O3. The molecule has 1 aromatic carbocycles. The fourth-order valence-corrected chi connectivity index (χ4v) is 3.88. The Morgan fingerprint density at radius 2 is 1.81 bits per heavy atom. The van der Waals surface area contributed by atoms with Crippen LogP contribution in [0.15, 0.2) is 24.3 Å². The maximum atomic E-state index is 13.4. The van der Waals surface area contributed by atoms with E-state index in [1.807, 2.05) is 32.8 Å². The molecule has 1 fully saturated rings. The lowest BCUT2D eigenvalue weighted by Gasteiger charge is -2.30. The number of halogens is 1. The quantitative estimate of drug-likeness (QED) is 0.635. The Kier molecular flexibility index (Phi) is 7.00. The molecule has 1 aliphatic rings. The van der Waals surface area contributed by atoms with Crippen molar-refractivity contribution in [3.05, 3.63) is 34.9 Å². The van der Waals surface area contributed by atoms with Gasteiger partial charge in [0.15, 0.2) is 0 Å². The predicted octanol–water partition coefficient (Wildman–Crippen LogP) is 2.16. The minimum Gasteiger partial charge on any atom is -0.343 e. The molecule has 1 heterocycles. The molecule has 3 amide bonds. The highest BCUT2D eigenvalue weighted by atomic mass is 35.5. The smallest absolute Gasteiger partial charge is 0.240 e. The maximum absolute atomic E-state index is 13.4. The topological polar surface area (TPSA) is 60.9 Å². The molecule has 1 atom stereocenters. The summed E-state index contributed by atoms with van der Waals surface area (Å²) in [5.74, 6) is -0.729. The highest BCUT2D eigenvalue weighted by Crippen LogP contribution is 2.43. The molecule has 0 N–H and O–H groups in total. The summed E-state index contributed by atoms with van der Waals surface area (Å²) in [5.41, 5.74) is -0.681. The molecule has 1 aliphatic heterocycles. The third kappa shape index (κ3) is 4.33. The van der Waals surface area contributed by atoms with Crippen LogP contribution in [0.2, 0.25) is 5.02 Å². The van der Waals surface area contributed by atoms with Gasteiger partial charge in [-0.25, -0.2) is 0 Å². The highest BCUT2D eigenvalue weighted by molar-refractivity contribution is 6.32. The first-order valence-corrected chi connectivity index (χ1v) is 9.67. The van der Waals surface area contributed by atoms with Crippen molar-refractivity contribution in [1.29, 1.82) is 0 Å². The lowest BCUT2D eigenvalue weighted by Crippen LogP contribution is -2.44. The van der Waals surface area contributed by atoms with Crippen molar-refractivity contribution in [1.82, 2.24) is 14.7 Å². The molecule has 2 rings (SSSR count). The van der Waals surface area contributed by atoms with Crippen molar-refractivity contribution in [2.24, 2.45) is 0 Å². The Labute approximate surface area is 166 Å². The number of hydrogen-bond donors (Lipinski definition) is 0. The summed E-state index contributed by atoms with van der Waals surface area (Å²) in [5, 5.41) is 0.403. The summed E-state index contributed by atoms with van der Waals surface area (Å²) in [4.78, 5) is 43.8. The van der Waals surface area contributed by atoms with Crippen LogP contribution < -0.4 is 0 Å². The van der Waals surface area contributed by atoms with Crippen molar-refractivity contribution in [3.8, 4) is 0 Å². The van der Waals surface area contributed by atoms with Gasteiger partial charge in [-0.15, -0.1) is 0 Å². The first-order valence-electron chi connectivity index (χ1n) is 9.29. The molecule has 0 radical (unpaired) electrons. The van der Waals surface area contributed by atoms with E-state index in [9.17, 15) is 14.4 Å². The zero-order valence-corrected chi connectivity index (χ0v) is 17.3. The lowest BCUT2D eigenvalue weighted by atomic mass is 9.75. The molecule has 1 saturated heterocycles. The second-order valence-electron chi connectivity index (χ2n) is 7.14. The van der Waals surface area contributed by atoms with E-state index in [1.54, 1.807) is 29.2 Å². The van der Waals surface area contributed by atoms with E-state index in [4.69, 9.17) is 11.6 Å². The average molecular weight is 394 g/mol. The standard InChI is InChI=1S/C20H28ClN3O3/c1-5-23(6-2)17(25)13-20(15-9-7-8-10-16(15)21)14-18(26)24(19(20)27)12-11-22(3)4/h7-10H,5-6,11-14H2,1-4H3. The van der Waals surface area contributed by atoms with Crippen molar-refractivity contribution in [3.63, 3.8) is 0 Å². The van der Waals surface area contributed by atoms with E-state index in [1.165, 1.54) is 4.90 Å². The van der Waals surface area contributed by atoms with Gasteiger partial charge < -0.3 is 9.80 Å². The third-order valence-electron chi connectivity index (χ3n) is 5.14. The van der Waals surface area contributed by atoms with Gasteiger partial charge in [0.1, 0.15) is 0 Å². The van der Waals surface area contributed by atoms with Gasteiger partial charge in [-0.2, -0.15) is 0 Å². The number of likely N-dealkylation sites (N-methyl/N-ethyl adjacent to an activating group) is 1. The van der Waals surface area contributed by atoms with Gasteiger partial charge in [0.25, 0.3) is 0 Å². The van der Waals surface area contributed by atoms with Crippen LogP contribution in [0, 0.1) is 0 Å². The second kappa shape index (κ2) is 8.85. The fraction of sp³-hybridized carbons (Fsp3) is 0.550. The minimum atomic E-state index is -1.23. The Hall–Kier alpha value is -1.92. The largest absolute Gasteiger partial charge is 0.343 e. The van der Waals surface area contributed by atoms with Crippen molar-refractivity contribution >= 4 is 29.3 Å². The molecule has 27 heavy (non-hydrogen) atoms. The van der Waals surface area contributed by atoms with Gasteiger partial charge >= 0.3 is 0 Å². The number of benzene rings is 1. The molecule has 1 unspecified atom stereocenters. The maximum Gasteiger partial charge on any atom is 0.240 e. The van der Waals surface area contributed by atoms with Gasteiger partial charge in [-0.1, -0.05) is 29.8 Å². The monoisotopic (exact) mass is 393 g/mol. The van der Waals surface area contributed by atoms with Crippen LogP contribution in [0.25, 0.3) is 0 Å². The predicted molar refractivity (Wildman–Crippen MR) is 106 cm³/mol. The van der Waals surface area contributed by atoms with Gasteiger partial charge in [-0.3, -0.25) is 19.3 Å². The highest BCUT2D eigenvalue weighted by Gasteiger charge is 2.54. The molecule has 1 aromatic rings. The van der Waals surface area contributed by atoms with E-state index >= 15 is 0 Å². The SMILES string of the molecule is CCN(CC)C(=O)CC1(c2ccccc2Cl)CC(=O)N(CCN(C)C)C1=O. The van der Waals surface area contributed by atoms with Gasteiger partial charge in [0.05, 0.1) is 5.41 Å². The number of imide groups is 1. The Morgan fingerprint density at radius 3 is 2.37 bits per heavy atom. The van der Waals surface area contributed by atoms with Crippen molar-refractivity contribution in [2.75, 3.05) is 40.3 Å². The first-order chi connectivity index (χ1) is 12.8. The Morgan fingerprint density at radius 1 is 1.19 bits per heavy atom. The zero-order valence-electron chi connectivity index (χ0n) is 16.5. The third-order valence-corrected chi connectivity index (χ3v) is 5.47. The number of likely N-dealkylation sites (tertiary alicyclic amines) is 1. The van der Waals surface area contributed by atoms with Crippen LogP contribution in [0.4, 0.5) is 0 Å².